The van der Waals surface area contributed by atoms with Gasteiger partial charge in [-0.15, -0.1) is 0 Å². The summed E-state index contributed by atoms with van der Waals surface area (Å²) in [6.07, 6.45) is -5.92. The molecule has 8 heteroatoms. The van der Waals surface area contributed by atoms with Crippen LogP contribution in [0, 0.1) is 0 Å². The highest BCUT2D eigenvalue weighted by Crippen LogP contribution is 2.52. The quantitative estimate of drug-likeness (QED) is 0.405. The van der Waals surface area contributed by atoms with Gasteiger partial charge in [0.05, 0.1) is 0 Å². The summed E-state index contributed by atoms with van der Waals surface area (Å²) in [6, 6.07) is 0. The van der Waals surface area contributed by atoms with Crippen molar-refractivity contribution >= 4 is 9.24 Å². The third-order valence-corrected chi connectivity index (χ3v) is 1.90. The van der Waals surface area contributed by atoms with E-state index in [2.05, 4.69) is 6.58 Å². The molecule has 0 spiro atoms. The average Bonchev–Trinajstić information content (AvgIpc) is 1.97. The van der Waals surface area contributed by atoms with Gasteiger partial charge < -0.3 is 0 Å². The fraction of sp³-hybridized carbons (Fsp3) is 0.667. The van der Waals surface area contributed by atoms with Gasteiger partial charge >= 0.3 is 11.8 Å². The van der Waals surface area contributed by atoms with Crippen molar-refractivity contribution in [3.8, 4) is 0 Å². The van der Waals surface area contributed by atoms with E-state index in [1.165, 1.54) is 0 Å². The predicted octanol–water partition coefficient (Wildman–Crippen LogP) is 3.25. The van der Waals surface area contributed by atoms with E-state index in [9.17, 15) is 30.7 Å². The first-order chi connectivity index (χ1) is 5.98. The molecule has 0 aliphatic rings. The first-order valence-electron chi connectivity index (χ1n) is 3.15. The van der Waals surface area contributed by atoms with Crippen LogP contribution >= 0.6 is 9.24 Å². The van der Waals surface area contributed by atoms with Gasteiger partial charge in [-0.3, -0.25) is 0 Å². The number of rotatable bonds is 3. The highest BCUT2D eigenvalue weighted by molar-refractivity contribution is 7.18. The minimum Gasteiger partial charge on any atom is -0.246 e. The molecule has 0 saturated carbocycles. The van der Waals surface area contributed by atoms with Crippen molar-refractivity contribution in [3.05, 3.63) is 12.2 Å². The van der Waals surface area contributed by atoms with Gasteiger partial charge in [0.25, 0.3) is 5.67 Å². The first kappa shape index (κ1) is 13.7. The molecule has 1 unspecified atom stereocenters. The van der Waals surface area contributed by atoms with E-state index in [-0.39, 0.29) is 0 Å². The van der Waals surface area contributed by atoms with Crippen LogP contribution in [0.15, 0.2) is 12.2 Å². The molecule has 0 nitrogen and oxygen atoms in total. The van der Waals surface area contributed by atoms with Crippen molar-refractivity contribution in [1.82, 2.24) is 0 Å². The maximum atomic E-state index is 13.0. The Kier molecular flexibility index (Phi) is 3.60. The van der Waals surface area contributed by atoms with Crippen LogP contribution in [0.2, 0.25) is 0 Å². The SMILES string of the molecule is C=C(CF)[C@@](F)(C(F)(F)F)C(F)(F)P. The Morgan fingerprint density at radius 1 is 1.07 bits per heavy atom. The fourth-order valence-electron chi connectivity index (χ4n) is 0.717. The molecule has 2 atom stereocenters. The van der Waals surface area contributed by atoms with E-state index in [0.717, 1.165) is 0 Å². The molecule has 0 rings (SSSR count). The lowest BCUT2D eigenvalue weighted by Gasteiger charge is -2.33. The highest BCUT2D eigenvalue weighted by Gasteiger charge is 2.70. The molecule has 0 bridgehead atoms. The molecule has 0 heterocycles. The van der Waals surface area contributed by atoms with Crippen LogP contribution < -0.4 is 0 Å². The maximum absolute atomic E-state index is 13.0. The molecule has 0 aromatic rings. The number of hydrogen-bond acceptors (Lipinski definition) is 0. The normalized spacial score (nSPS) is 17.7. The standard InChI is InChI=1S/C6H6F7P/c1-3(2-7)4(8,5(9,10)11)6(12,13)14/h1-2,14H2/t4-/m1/s1. The lowest BCUT2D eigenvalue weighted by Crippen LogP contribution is -2.53. The Hall–Kier alpha value is -0.320. The molecule has 0 amide bonds. The van der Waals surface area contributed by atoms with Crippen molar-refractivity contribution < 1.29 is 30.7 Å². The fourth-order valence-corrected chi connectivity index (χ4v) is 1.08. The molecule has 0 N–H and O–H groups in total. The van der Waals surface area contributed by atoms with Gasteiger partial charge in [0.1, 0.15) is 6.67 Å². The summed E-state index contributed by atoms with van der Waals surface area (Å²) in [7, 11) is 0.390. The summed E-state index contributed by atoms with van der Waals surface area (Å²) in [6.45, 7) is 0.301. The summed E-state index contributed by atoms with van der Waals surface area (Å²) < 4.78 is 85.2. The van der Waals surface area contributed by atoms with E-state index in [1.807, 2.05) is 0 Å². The zero-order valence-electron chi connectivity index (χ0n) is 6.64. The molecule has 0 radical (unpaired) electrons. The second kappa shape index (κ2) is 3.68. The van der Waals surface area contributed by atoms with Crippen molar-refractivity contribution in [1.29, 1.82) is 0 Å². The van der Waals surface area contributed by atoms with Crippen LogP contribution in [-0.4, -0.2) is 24.2 Å². The molecule has 14 heavy (non-hydrogen) atoms. The number of halogens is 7. The maximum Gasteiger partial charge on any atom is 0.432 e. The molecule has 84 valence electrons. The summed E-state index contributed by atoms with van der Waals surface area (Å²) >= 11 is 0. The van der Waals surface area contributed by atoms with Gasteiger partial charge in [-0.25, -0.2) is 8.78 Å². The monoisotopic (exact) mass is 242 g/mol. The zero-order valence-corrected chi connectivity index (χ0v) is 7.79. The Morgan fingerprint density at radius 2 is 1.43 bits per heavy atom. The molecule has 0 aromatic heterocycles. The molecule has 0 aliphatic heterocycles. The average molecular weight is 242 g/mol. The van der Waals surface area contributed by atoms with Crippen LogP contribution in [0.5, 0.6) is 0 Å². The molecular weight excluding hydrogens is 236 g/mol. The van der Waals surface area contributed by atoms with Crippen molar-refractivity contribution in [2.45, 2.75) is 17.5 Å². The van der Waals surface area contributed by atoms with Crippen LogP contribution in [-0.2, 0) is 0 Å². The van der Waals surface area contributed by atoms with E-state index in [0.29, 0.717) is 9.24 Å². The smallest absolute Gasteiger partial charge is 0.246 e. The predicted molar refractivity (Wildman–Crippen MR) is 39.7 cm³/mol. The number of alkyl halides is 7. The lowest BCUT2D eigenvalue weighted by atomic mass is 9.97. The highest BCUT2D eigenvalue weighted by atomic mass is 31.0. The molecule has 0 saturated heterocycles. The van der Waals surface area contributed by atoms with Crippen LogP contribution in [0.4, 0.5) is 30.7 Å². The third kappa shape index (κ3) is 2.02. The minimum atomic E-state index is -5.92. The Morgan fingerprint density at radius 3 is 1.50 bits per heavy atom. The second-order valence-corrected chi connectivity index (χ2v) is 3.24. The van der Waals surface area contributed by atoms with E-state index < -0.39 is 29.8 Å². The Labute approximate surface area is 77.4 Å². The summed E-state index contributed by atoms with van der Waals surface area (Å²) in [5.74, 6) is 0. The van der Waals surface area contributed by atoms with Crippen molar-refractivity contribution in [3.63, 3.8) is 0 Å². The topological polar surface area (TPSA) is 0 Å². The third-order valence-electron chi connectivity index (χ3n) is 1.50. The van der Waals surface area contributed by atoms with Gasteiger partial charge in [0.15, 0.2) is 0 Å². The lowest BCUT2D eigenvalue weighted by molar-refractivity contribution is -0.262. The van der Waals surface area contributed by atoms with Crippen LogP contribution in [0.1, 0.15) is 0 Å². The molecule has 0 aliphatic carbocycles. The van der Waals surface area contributed by atoms with Gasteiger partial charge in [-0.2, -0.15) is 22.0 Å². The minimum absolute atomic E-state index is 0.390. The van der Waals surface area contributed by atoms with Crippen molar-refractivity contribution in [2.24, 2.45) is 0 Å². The summed E-state index contributed by atoms with van der Waals surface area (Å²) in [4.78, 5) is 0. The summed E-state index contributed by atoms with van der Waals surface area (Å²) in [5.41, 5.74) is -11.8. The van der Waals surface area contributed by atoms with Gasteiger partial charge in [0, 0.05) is 5.57 Å². The molecule has 0 aromatic carbocycles. The first-order valence-corrected chi connectivity index (χ1v) is 3.72. The number of allylic oxidation sites excluding steroid dienone is 1. The van der Waals surface area contributed by atoms with E-state index in [4.69, 9.17) is 0 Å². The molecule has 0 fully saturated rings. The Bertz CT molecular complexity index is 211. The van der Waals surface area contributed by atoms with Crippen molar-refractivity contribution in [2.75, 3.05) is 6.67 Å². The van der Waals surface area contributed by atoms with E-state index in [1.54, 1.807) is 0 Å². The summed E-state index contributed by atoms with van der Waals surface area (Å²) in [5, 5.41) is 0. The van der Waals surface area contributed by atoms with Gasteiger partial charge in [0.2, 0.25) is 0 Å². The van der Waals surface area contributed by atoms with Crippen LogP contribution in [0.25, 0.3) is 0 Å². The van der Waals surface area contributed by atoms with Gasteiger partial charge in [-0.1, -0.05) is 15.8 Å². The van der Waals surface area contributed by atoms with Gasteiger partial charge in [-0.05, 0) is 0 Å². The largest absolute Gasteiger partial charge is 0.432 e. The van der Waals surface area contributed by atoms with Crippen LogP contribution in [0.3, 0.4) is 0 Å². The zero-order chi connectivity index (χ0) is 11.8. The molecular formula is C6H6F7P. The van der Waals surface area contributed by atoms with E-state index >= 15 is 0 Å². The Balaban J connectivity index is 5.40. The number of hydrogen-bond donors (Lipinski definition) is 0. The second-order valence-electron chi connectivity index (χ2n) is 2.52.